The van der Waals surface area contributed by atoms with E-state index in [1.807, 2.05) is 42.2 Å². The van der Waals surface area contributed by atoms with Gasteiger partial charge >= 0.3 is 6.03 Å². The molecular formula is C27H30FN3O3. The van der Waals surface area contributed by atoms with Crippen molar-refractivity contribution in [2.24, 2.45) is 5.92 Å². The highest BCUT2D eigenvalue weighted by molar-refractivity contribution is 5.89. The lowest BCUT2D eigenvalue weighted by Gasteiger charge is -2.34. The molecule has 1 saturated heterocycles. The smallest absolute Gasteiger partial charge is 0.319 e. The third-order valence-electron chi connectivity index (χ3n) is 6.41. The van der Waals surface area contributed by atoms with Crippen LogP contribution in [0.1, 0.15) is 31.2 Å². The number of hydrogen-bond acceptors (Lipinski definition) is 3. The fourth-order valence-corrected chi connectivity index (χ4v) is 4.47. The van der Waals surface area contributed by atoms with Crippen molar-refractivity contribution in [1.29, 1.82) is 0 Å². The van der Waals surface area contributed by atoms with E-state index in [0.29, 0.717) is 18.8 Å². The third-order valence-corrected chi connectivity index (χ3v) is 6.41. The molecule has 178 valence electrons. The molecule has 0 aliphatic carbocycles. The molecule has 3 aromatic rings. The van der Waals surface area contributed by atoms with Crippen molar-refractivity contribution in [2.45, 2.75) is 25.7 Å². The van der Waals surface area contributed by atoms with E-state index in [1.54, 1.807) is 19.2 Å². The third kappa shape index (κ3) is 5.65. The van der Waals surface area contributed by atoms with Crippen LogP contribution in [0.3, 0.4) is 0 Å². The number of carbonyl (C=O) groups is 2. The topological polar surface area (TPSA) is 70.7 Å². The van der Waals surface area contributed by atoms with Crippen molar-refractivity contribution in [3.8, 4) is 5.75 Å². The highest BCUT2D eigenvalue weighted by Gasteiger charge is 2.28. The van der Waals surface area contributed by atoms with Crippen LogP contribution in [0.2, 0.25) is 0 Å². The zero-order valence-corrected chi connectivity index (χ0v) is 19.5. The number of halogens is 1. The van der Waals surface area contributed by atoms with Crippen molar-refractivity contribution >= 4 is 28.4 Å². The van der Waals surface area contributed by atoms with Crippen molar-refractivity contribution in [3.05, 3.63) is 72.0 Å². The number of amides is 3. The van der Waals surface area contributed by atoms with Gasteiger partial charge in [-0.3, -0.25) is 4.79 Å². The normalized spacial score (nSPS) is 16.7. The zero-order valence-electron chi connectivity index (χ0n) is 19.5. The molecular weight excluding hydrogens is 433 g/mol. The molecule has 2 N–H and O–H groups in total. The Bertz CT molecular complexity index is 1180. The number of ether oxygens (including phenoxy) is 1. The van der Waals surface area contributed by atoms with E-state index in [9.17, 15) is 14.0 Å². The summed E-state index contributed by atoms with van der Waals surface area (Å²) in [6.45, 7) is 3.73. The number of nitrogens with one attached hydrogen (secondary N) is 2. The molecule has 0 bridgehead atoms. The van der Waals surface area contributed by atoms with E-state index in [2.05, 4.69) is 16.7 Å². The Morgan fingerprint density at radius 1 is 1.12 bits per heavy atom. The molecule has 3 aromatic carbocycles. The van der Waals surface area contributed by atoms with Crippen LogP contribution in [0, 0.1) is 11.7 Å². The van der Waals surface area contributed by atoms with Gasteiger partial charge in [-0.2, -0.15) is 0 Å². The fraction of sp³-hybridized carbons (Fsp3) is 0.333. The Labute approximate surface area is 199 Å². The number of methoxy groups -OCH3 is 1. The number of hydrogen-bond donors (Lipinski definition) is 2. The highest BCUT2D eigenvalue weighted by atomic mass is 19.1. The van der Waals surface area contributed by atoms with Crippen LogP contribution in [-0.4, -0.2) is 43.6 Å². The first-order chi connectivity index (χ1) is 16.4. The fourth-order valence-electron chi connectivity index (χ4n) is 4.47. The van der Waals surface area contributed by atoms with Gasteiger partial charge in [-0.05, 0) is 72.4 Å². The van der Waals surface area contributed by atoms with Crippen LogP contribution in [0.5, 0.6) is 5.75 Å². The van der Waals surface area contributed by atoms with E-state index >= 15 is 0 Å². The van der Waals surface area contributed by atoms with Crippen molar-refractivity contribution in [3.63, 3.8) is 0 Å². The van der Waals surface area contributed by atoms with Gasteiger partial charge in [-0.1, -0.05) is 30.3 Å². The summed E-state index contributed by atoms with van der Waals surface area (Å²) in [6, 6.07) is 17.4. The van der Waals surface area contributed by atoms with Crippen LogP contribution in [0.15, 0.2) is 60.7 Å². The molecule has 0 saturated carbocycles. The van der Waals surface area contributed by atoms with Crippen molar-refractivity contribution in [1.82, 2.24) is 10.2 Å². The van der Waals surface area contributed by atoms with Gasteiger partial charge in [-0.15, -0.1) is 0 Å². The average Bonchev–Trinajstić information content (AvgIpc) is 2.86. The van der Waals surface area contributed by atoms with Gasteiger partial charge < -0.3 is 20.3 Å². The zero-order chi connectivity index (χ0) is 24.1. The number of fused-ring (bicyclic) bond motifs is 1. The number of nitrogens with zero attached hydrogens (tertiary/aromatic N) is 1. The summed E-state index contributed by atoms with van der Waals surface area (Å²) in [5, 5.41) is 7.63. The van der Waals surface area contributed by atoms with Gasteiger partial charge in [0.1, 0.15) is 11.6 Å². The second-order valence-corrected chi connectivity index (χ2v) is 8.83. The molecule has 0 radical (unpaired) electrons. The monoisotopic (exact) mass is 463 g/mol. The molecule has 3 amide bonds. The lowest BCUT2D eigenvalue weighted by atomic mass is 9.93. The molecule has 1 aliphatic heterocycles. The number of piperidine rings is 1. The van der Waals surface area contributed by atoms with Gasteiger partial charge in [-0.25, -0.2) is 9.18 Å². The minimum atomic E-state index is -0.403. The summed E-state index contributed by atoms with van der Waals surface area (Å²) in [7, 11) is 1.65. The molecule has 0 spiro atoms. The number of carbonyl (C=O) groups excluding carboxylic acids is 2. The van der Waals surface area contributed by atoms with E-state index in [0.717, 1.165) is 41.5 Å². The first-order valence-electron chi connectivity index (χ1n) is 11.6. The first kappa shape index (κ1) is 23.5. The summed E-state index contributed by atoms with van der Waals surface area (Å²) in [6.07, 6.45) is 1.84. The second-order valence-electron chi connectivity index (χ2n) is 8.83. The molecule has 1 unspecified atom stereocenters. The van der Waals surface area contributed by atoms with Crippen molar-refractivity contribution < 1.29 is 18.7 Å². The molecule has 34 heavy (non-hydrogen) atoms. The minimum absolute atomic E-state index is 0.0989. The molecule has 2 atom stereocenters. The summed E-state index contributed by atoms with van der Waals surface area (Å²) in [4.78, 5) is 27.4. The molecule has 1 heterocycles. The standard InChI is InChI=1S/C27H30FN3O3/c1-18(20-8-9-22-14-25(34-2)11-10-21(22)13-20)26(32)31-12-4-5-19(17-31)16-29-27(33)30-24-7-3-6-23(28)15-24/h3,6-11,13-15,18-19H,4-5,12,16-17H2,1-2H3,(H2,29,30,33)/t18-,19?/m0/s1. The van der Waals surface area contributed by atoms with Crippen LogP contribution >= 0.6 is 0 Å². The molecule has 6 nitrogen and oxygen atoms in total. The molecule has 7 heteroatoms. The predicted molar refractivity (Wildman–Crippen MR) is 132 cm³/mol. The predicted octanol–water partition coefficient (Wildman–Crippen LogP) is 5.15. The Hall–Kier alpha value is -3.61. The van der Waals surface area contributed by atoms with Gasteiger partial charge in [0.25, 0.3) is 0 Å². The lowest BCUT2D eigenvalue weighted by molar-refractivity contribution is -0.134. The van der Waals surface area contributed by atoms with Crippen LogP contribution < -0.4 is 15.4 Å². The van der Waals surface area contributed by atoms with Crippen molar-refractivity contribution in [2.75, 3.05) is 32.1 Å². The van der Waals surface area contributed by atoms with E-state index in [4.69, 9.17) is 4.74 Å². The van der Waals surface area contributed by atoms with Crippen LogP contribution in [-0.2, 0) is 4.79 Å². The summed E-state index contributed by atoms with van der Waals surface area (Å²) >= 11 is 0. The summed E-state index contributed by atoms with van der Waals surface area (Å²) in [5.41, 5.74) is 1.39. The van der Waals surface area contributed by atoms with Crippen LogP contribution in [0.4, 0.5) is 14.9 Å². The van der Waals surface area contributed by atoms with Gasteiger partial charge in [0.15, 0.2) is 0 Å². The average molecular weight is 464 g/mol. The Kier molecular flexibility index (Phi) is 7.30. The van der Waals surface area contributed by atoms with Gasteiger partial charge in [0, 0.05) is 25.3 Å². The maximum atomic E-state index is 13.3. The molecule has 1 aliphatic rings. The molecule has 4 rings (SSSR count). The Balaban J connectivity index is 1.33. The number of likely N-dealkylation sites (tertiary alicyclic amines) is 1. The second kappa shape index (κ2) is 10.5. The summed E-state index contributed by atoms with van der Waals surface area (Å²) < 4.78 is 18.6. The molecule has 0 aromatic heterocycles. The number of benzene rings is 3. The first-order valence-corrected chi connectivity index (χ1v) is 11.6. The highest BCUT2D eigenvalue weighted by Crippen LogP contribution is 2.27. The maximum Gasteiger partial charge on any atom is 0.319 e. The number of anilines is 1. The van der Waals surface area contributed by atoms with E-state index in [1.165, 1.54) is 12.1 Å². The minimum Gasteiger partial charge on any atom is -0.497 e. The number of rotatable bonds is 6. The summed E-state index contributed by atoms with van der Waals surface area (Å²) in [5.74, 6) is 0.421. The van der Waals surface area contributed by atoms with Crippen LogP contribution in [0.25, 0.3) is 10.8 Å². The Morgan fingerprint density at radius 2 is 1.91 bits per heavy atom. The van der Waals surface area contributed by atoms with Gasteiger partial charge in [0.2, 0.25) is 5.91 Å². The Morgan fingerprint density at radius 3 is 2.71 bits per heavy atom. The molecule has 1 fully saturated rings. The van der Waals surface area contributed by atoms with Gasteiger partial charge in [0.05, 0.1) is 13.0 Å². The number of urea groups is 1. The maximum absolute atomic E-state index is 13.3. The van der Waals surface area contributed by atoms with E-state index < -0.39 is 5.82 Å². The largest absolute Gasteiger partial charge is 0.497 e. The quantitative estimate of drug-likeness (QED) is 0.531. The SMILES string of the molecule is COc1ccc2cc([C@H](C)C(=O)N3CCCC(CNC(=O)Nc4cccc(F)c4)C3)ccc2c1. The lowest BCUT2D eigenvalue weighted by Crippen LogP contribution is -2.45. The van der Waals surface area contributed by atoms with E-state index in [-0.39, 0.29) is 23.8 Å².